The molecule has 3 nitrogen and oxygen atoms in total. The van der Waals surface area contributed by atoms with Crippen LogP contribution >= 0.6 is 0 Å². The zero-order chi connectivity index (χ0) is 6.57. The Morgan fingerprint density at radius 2 is 2.25 bits per heavy atom. The van der Waals surface area contributed by atoms with E-state index >= 15 is 0 Å². The number of nitriles is 1. The van der Waals surface area contributed by atoms with Crippen molar-refractivity contribution in [3.05, 3.63) is 0 Å². The average molecular weight is 113 g/mol. The van der Waals surface area contributed by atoms with Crippen LogP contribution in [0.4, 0.5) is 0 Å². The standard InChI is InChI=1S/C4H8BNO2/c1-4(2-3-6)5(7)8/h4,7-8H,2H2,1H3/t4-/m1/s1. The van der Waals surface area contributed by atoms with E-state index < -0.39 is 7.12 Å². The molecule has 0 saturated carbocycles. The van der Waals surface area contributed by atoms with Gasteiger partial charge in [-0.25, -0.2) is 0 Å². The molecule has 0 radical (unpaired) electrons. The van der Waals surface area contributed by atoms with E-state index in [9.17, 15) is 0 Å². The van der Waals surface area contributed by atoms with Gasteiger partial charge in [0.15, 0.2) is 0 Å². The molecule has 0 unspecified atom stereocenters. The van der Waals surface area contributed by atoms with E-state index in [4.69, 9.17) is 15.3 Å². The summed E-state index contributed by atoms with van der Waals surface area (Å²) in [5, 5.41) is 24.7. The van der Waals surface area contributed by atoms with Crippen LogP contribution in [-0.2, 0) is 0 Å². The van der Waals surface area contributed by atoms with Crippen LogP contribution in [0.25, 0.3) is 0 Å². The summed E-state index contributed by atoms with van der Waals surface area (Å²) in [6.07, 6.45) is 0.192. The number of hydrogen-bond donors (Lipinski definition) is 2. The Hall–Kier alpha value is -0.525. The topological polar surface area (TPSA) is 64.2 Å². The highest BCUT2D eigenvalue weighted by Gasteiger charge is 2.16. The fourth-order valence-corrected chi connectivity index (χ4v) is 0.249. The predicted octanol–water partition coefficient (Wildman–Crippen LogP) is -0.237. The molecule has 0 aromatic heterocycles. The first kappa shape index (κ1) is 7.47. The smallest absolute Gasteiger partial charge is 0.427 e. The van der Waals surface area contributed by atoms with Gasteiger partial charge in [-0.2, -0.15) is 5.26 Å². The Bertz CT molecular complexity index is 98.7. The molecule has 44 valence electrons. The van der Waals surface area contributed by atoms with E-state index in [0.29, 0.717) is 0 Å². The first-order valence-corrected chi connectivity index (χ1v) is 2.41. The maximum absolute atomic E-state index is 8.36. The highest BCUT2D eigenvalue weighted by atomic mass is 16.4. The van der Waals surface area contributed by atoms with Crippen molar-refractivity contribution in [3.8, 4) is 6.07 Å². The summed E-state index contributed by atoms with van der Waals surface area (Å²) in [5.41, 5.74) is 0. The highest BCUT2D eigenvalue weighted by molar-refractivity contribution is 6.43. The second-order valence-electron chi connectivity index (χ2n) is 1.75. The largest absolute Gasteiger partial charge is 0.455 e. The van der Waals surface area contributed by atoms with Gasteiger partial charge in [0, 0.05) is 12.2 Å². The molecule has 0 aliphatic rings. The molecule has 0 aliphatic heterocycles. The molecule has 2 N–H and O–H groups in total. The number of hydrogen-bond acceptors (Lipinski definition) is 3. The van der Waals surface area contributed by atoms with E-state index in [1.807, 2.05) is 6.07 Å². The van der Waals surface area contributed by atoms with Crippen molar-refractivity contribution >= 4 is 7.12 Å². The molecule has 4 heteroatoms. The Labute approximate surface area is 48.7 Å². The molecule has 0 spiro atoms. The summed E-state index contributed by atoms with van der Waals surface area (Å²) in [6, 6.07) is 1.83. The number of rotatable bonds is 2. The molecule has 0 aromatic carbocycles. The predicted molar refractivity (Wildman–Crippen MR) is 29.8 cm³/mol. The molecular weight excluding hydrogens is 105 g/mol. The molecule has 8 heavy (non-hydrogen) atoms. The third-order valence-corrected chi connectivity index (χ3v) is 0.922. The molecule has 0 aliphatic carbocycles. The zero-order valence-electron chi connectivity index (χ0n) is 4.70. The third-order valence-electron chi connectivity index (χ3n) is 0.922. The van der Waals surface area contributed by atoms with Gasteiger partial charge in [-0.05, 0) is 0 Å². The number of nitrogens with zero attached hydrogens (tertiary/aromatic N) is 1. The molecule has 0 saturated heterocycles. The first-order chi connectivity index (χ1) is 3.68. The molecule has 0 heterocycles. The summed E-state index contributed by atoms with van der Waals surface area (Å²) in [4.78, 5) is 0. The highest BCUT2D eigenvalue weighted by Crippen LogP contribution is 2.07. The van der Waals surface area contributed by atoms with Crippen molar-refractivity contribution in [3.63, 3.8) is 0 Å². The quantitative estimate of drug-likeness (QED) is 0.485. The fourth-order valence-electron chi connectivity index (χ4n) is 0.249. The van der Waals surface area contributed by atoms with Crippen molar-refractivity contribution in [1.29, 1.82) is 5.26 Å². The summed E-state index contributed by atoms with van der Waals surface area (Å²) in [6.45, 7) is 1.61. The van der Waals surface area contributed by atoms with E-state index in [0.717, 1.165) is 0 Å². The van der Waals surface area contributed by atoms with Crippen molar-refractivity contribution in [1.82, 2.24) is 0 Å². The lowest BCUT2D eigenvalue weighted by atomic mass is 9.73. The molecular formula is C4H8BNO2. The van der Waals surface area contributed by atoms with Gasteiger partial charge in [-0.15, -0.1) is 0 Å². The van der Waals surface area contributed by atoms with Crippen molar-refractivity contribution in [2.75, 3.05) is 0 Å². The molecule has 1 atom stereocenters. The van der Waals surface area contributed by atoms with E-state index in [1.165, 1.54) is 0 Å². The van der Waals surface area contributed by atoms with E-state index in [-0.39, 0.29) is 12.2 Å². The normalized spacial score (nSPS) is 12.2. The summed E-state index contributed by atoms with van der Waals surface area (Å²) in [7, 11) is -1.35. The van der Waals surface area contributed by atoms with Crippen LogP contribution in [0.15, 0.2) is 0 Å². The van der Waals surface area contributed by atoms with E-state index in [1.54, 1.807) is 6.92 Å². The van der Waals surface area contributed by atoms with Gasteiger partial charge in [-0.3, -0.25) is 0 Å². The van der Waals surface area contributed by atoms with Gasteiger partial charge >= 0.3 is 7.12 Å². The molecule has 0 amide bonds. The van der Waals surface area contributed by atoms with Crippen molar-refractivity contribution in [2.24, 2.45) is 0 Å². The van der Waals surface area contributed by atoms with Gasteiger partial charge in [0.05, 0.1) is 6.07 Å². The Kier molecular flexibility index (Phi) is 3.25. The van der Waals surface area contributed by atoms with E-state index in [2.05, 4.69) is 0 Å². The Morgan fingerprint density at radius 1 is 1.75 bits per heavy atom. The second kappa shape index (κ2) is 3.47. The van der Waals surface area contributed by atoms with Crippen LogP contribution in [0.2, 0.25) is 5.82 Å². The zero-order valence-corrected chi connectivity index (χ0v) is 4.70. The monoisotopic (exact) mass is 113 g/mol. The minimum absolute atomic E-state index is 0.192. The van der Waals surface area contributed by atoms with Gasteiger partial charge in [0.2, 0.25) is 0 Å². The Morgan fingerprint density at radius 3 is 2.38 bits per heavy atom. The SMILES string of the molecule is C[C@H](CC#N)B(O)O. The second-order valence-corrected chi connectivity index (χ2v) is 1.75. The molecule has 0 bridgehead atoms. The summed E-state index contributed by atoms with van der Waals surface area (Å²) >= 11 is 0. The summed E-state index contributed by atoms with van der Waals surface area (Å²) < 4.78 is 0. The maximum atomic E-state index is 8.36. The average Bonchev–Trinajstić information content (AvgIpc) is 1.67. The lowest BCUT2D eigenvalue weighted by Crippen LogP contribution is -2.16. The fraction of sp³-hybridized carbons (Fsp3) is 0.750. The van der Waals surface area contributed by atoms with Crippen LogP contribution in [0.3, 0.4) is 0 Å². The van der Waals surface area contributed by atoms with Crippen LogP contribution in [0, 0.1) is 11.3 Å². The van der Waals surface area contributed by atoms with Crippen LogP contribution in [-0.4, -0.2) is 17.2 Å². The van der Waals surface area contributed by atoms with Gasteiger partial charge in [-0.1, -0.05) is 6.92 Å². The van der Waals surface area contributed by atoms with Crippen molar-refractivity contribution in [2.45, 2.75) is 19.2 Å². The van der Waals surface area contributed by atoms with Gasteiger partial charge in [0.25, 0.3) is 0 Å². The minimum atomic E-state index is -1.35. The maximum Gasteiger partial charge on any atom is 0.455 e. The lowest BCUT2D eigenvalue weighted by molar-refractivity contribution is 0.389. The molecule has 0 rings (SSSR count). The van der Waals surface area contributed by atoms with Crippen molar-refractivity contribution < 1.29 is 10.0 Å². The van der Waals surface area contributed by atoms with Crippen LogP contribution in [0.5, 0.6) is 0 Å². The Balaban J connectivity index is 3.35. The third kappa shape index (κ3) is 2.62. The molecule has 0 fully saturated rings. The summed E-state index contributed by atoms with van der Waals surface area (Å²) in [5.74, 6) is -0.333. The van der Waals surface area contributed by atoms with Gasteiger partial charge in [0.1, 0.15) is 0 Å². The van der Waals surface area contributed by atoms with Gasteiger partial charge < -0.3 is 10.0 Å². The minimum Gasteiger partial charge on any atom is -0.427 e. The lowest BCUT2D eigenvalue weighted by Gasteiger charge is -2.01. The van der Waals surface area contributed by atoms with Crippen LogP contribution in [0.1, 0.15) is 13.3 Å². The van der Waals surface area contributed by atoms with Crippen LogP contribution < -0.4 is 0 Å². The molecule has 0 aromatic rings. The first-order valence-electron chi connectivity index (χ1n) is 2.41.